The molecule has 0 fully saturated rings. The van der Waals surface area contributed by atoms with E-state index in [4.69, 9.17) is 4.74 Å². The van der Waals surface area contributed by atoms with Crippen LogP contribution in [0.2, 0.25) is 0 Å². The van der Waals surface area contributed by atoms with E-state index < -0.39 is 4.92 Å². The second-order valence-electron chi connectivity index (χ2n) is 5.09. The van der Waals surface area contributed by atoms with Gasteiger partial charge in [-0.15, -0.1) is 0 Å². The standard InChI is InChI=1S/C16H12FIN4O3/c1-25-15-6-13-11(5-14(15)22(23)24)16(20-8-19-13)21-10-2-3-12(17)9(4-10)7-18/h2-6,8H,7H2,1H3,(H,19,20,21). The van der Waals surface area contributed by atoms with Crippen molar-refractivity contribution in [3.05, 3.63) is 58.2 Å². The van der Waals surface area contributed by atoms with Crippen LogP contribution in [0.15, 0.2) is 36.7 Å². The van der Waals surface area contributed by atoms with E-state index in [1.165, 1.54) is 31.6 Å². The molecule has 1 N–H and O–H groups in total. The summed E-state index contributed by atoms with van der Waals surface area (Å²) >= 11 is 2.08. The molecular weight excluding hydrogens is 442 g/mol. The van der Waals surface area contributed by atoms with Gasteiger partial charge in [-0.1, -0.05) is 22.6 Å². The third-order valence-corrected chi connectivity index (χ3v) is 4.41. The number of anilines is 2. The molecule has 0 atom stereocenters. The molecule has 1 heterocycles. The molecule has 3 rings (SSSR count). The maximum absolute atomic E-state index is 13.6. The van der Waals surface area contributed by atoms with Crippen molar-refractivity contribution in [3.8, 4) is 5.75 Å². The molecule has 0 aliphatic carbocycles. The van der Waals surface area contributed by atoms with Gasteiger partial charge in [-0.25, -0.2) is 14.4 Å². The Balaban J connectivity index is 2.10. The van der Waals surface area contributed by atoms with Crippen LogP contribution in [0.5, 0.6) is 5.75 Å². The van der Waals surface area contributed by atoms with Gasteiger partial charge in [0.1, 0.15) is 18.0 Å². The van der Waals surface area contributed by atoms with Gasteiger partial charge in [0.2, 0.25) is 0 Å². The fourth-order valence-corrected chi connectivity index (χ4v) is 2.95. The predicted octanol–water partition coefficient (Wildman–Crippen LogP) is 4.36. The summed E-state index contributed by atoms with van der Waals surface area (Å²) in [5, 5.41) is 14.8. The minimum Gasteiger partial charge on any atom is -0.490 e. The number of ether oxygens (including phenoxy) is 1. The van der Waals surface area contributed by atoms with Gasteiger partial charge in [0.05, 0.1) is 22.9 Å². The molecular formula is C16H12FIN4O3. The fraction of sp³-hybridized carbons (Fsp3) is 0.125. The van der Waals surface area contributed by atoms with Gasteiger partial charge in [-0.05, 0) is 23.8 Å². The van der Waals surface area contributed by atoms with Crippen LogP contribution < -0.4 is 10.1 Å². The number of aromatic nitrogens is 2. The van der Waals surface area contributed by atoms with E-state index in [1.54, 1.807) is 12.1 Å². The molecule has 2 aromatic carbocycles. The Morgan fingerprint density at radius 1 is 1.32 bits per heavy atom. The van der Waals surface area contributed by atoms with E-state index in [0.29, 0.717) is 32.4 Å². The van der Waals surface area contributed by atoms with E-state index in [1.807, 2.05) is 0 Å². The Labute approximate surface area is 155 Å². The Hall–Kier alpha value is -2.56. The number of nitro benzene ring substituents is 1. The maximum Gasteiger partial charge on any atom is 0.311 e. The third-order valence-electron chi connectivity index (χ3n) is 3.59. The van der Waals surface area contributed by atoms with Crippen LogP contribution >= 0.6 is 22.6 Å². The third kappa shape index (κ3) is 3.45. The normalized spacial score (nSPS) is 10.7. The Morgan fingerprint density at radius 2 is 2.12 bits per heavy atom. The van der Waals surface area contributed by atoms with Gasteiger partial charge in [0.15, 0.2) is 5.75 Å². The molecule has 0 radical (unpaired) electrons. The first-order valence-electron chi connectivity index (χ1n) is 7.12. The zero-order valence-electron chi connectivity index (χ0n) is 13.0. The molecule has 0 unspecified atom stereocenters. The molecule has 25 heavy (non-hydrogen) atoms. The quantitative estimate of drug-likeness (QED) is 0.267. The highest BCUT2D eigenvalue weighted by Gasteiger charge is 2.18. The average Bonchev–Trinajstić information content (AvgIpc) is 2.62. The van der Waals surface area contributed by atoms with E-state index in [-0.39, 0.29) is 17.3 Å². The molecule has 0 aliphatic rings. The van der Waals surface area contributed by atoms with Crippen molar-refractivity contribution in [2.75, 3.05) is 12.4 Å². The molecule has 0 spiro atoms. The number of nitro groups is 1. The Kier molecular flexibility index (Phi) is 4.93. The van der Waals surface area contributed by atoms with Crippen LogP contribution in [0.3, 0.4) is 0 Å². The molecule has 3 aromatic rings. The first kappa shape index (κ1) is 17.3. The van der Waals surface area contributed by atoms with Crippen LogP contribution in [0.4, 0.5) is 21.6 Å². The molecule has 1 aromatic heterocycles. The summed E-state index contributed by atoms with van der Waals surface area (Å²) in [6, 6.07) is 7.47. The van der Waals surface area contributed by atoms with Crippen LogP contribution in [-0.2, 0) is 4.43 Å². The van der Waals surface area contributed by atoms with Crippen molar-refractivity contribution in [2.45, 2.75) is 4.43 Å². The summed E-state index contributed by atoms with van der Waals surface area (Å²) in [5.41, 5.74) is 1.50. The second kappa shape index (κ2) is 7.13. The highest BCUT2D eigenvalue weighted by Crippen LogP contribution is 2.34. The molecule has 0 bridgehead atoms. The van der Waals surface area contributed by atoms with E-state index in [9.17, 15) is 14.5 Å². The predicted molar refractivity (Wildman–Crippen MR) is 100 cm³/mol. The van der Waals surface area contributed by atoms with Gasteiger partial charge in [0.25, 0.3) is 0 Å². The average molecular weight is 454 g/mol. The first-order chi connectivity index (χ1) is 12.0. The van der Waals surface area contributed by atoms with Gasteiger partial charge in [0, 0.05) is 22.2 Å². The van der Waals surface area contributed by atoms with Crippen molar-refractivity contribution in [3.63, 3.8) is 0 Å². The zero-order chi connectivity index (χ0) is 18.0. The van der Waals surface area contributed by atoms with Gasteiger partial charge in [-0.2, -0.15) is 0 Å². The summed E-state index contributed by atoms with van der Waals surface area (Å²) in [5.74, 6) is 0.228. The lowest BCUT2D eigenvalue weighted by atomic mass is 10.1. The fourth-order valence-electron chi connectivity index (χ4n) is 2.37. The van der Waals surface area contributed by atoms with E-state index in [0.717, 1.165) is 0 Å². The smallest absolute Gasteiger partial charge is 0.311 e. The lowest BCUT2D eigenvalue weighted by Crippen LogP contribution is -1.99. The number of nitrogens with zero attached hydrogens (tertiary/aromatic N) is 3. The molecule has 0 saturated carbocycles. The Bertz CT molecular complexity index is 968. The monoisotopic (exact) mass is 454 g/mol. The minimum absolute atomic E-state index is 0.121. The van der Waals surface area contributed by atoms with E-state index >= 15 is 0 Å². The summed E-state index contributed by atoms with van der Waals surface area (Å²) in [6.07, 6.45) is 1.35. The highest BCUT2D eigenvalue weighted by molar-refractivity contribution is 14.1. The summed E-state index contributed by atoms with van der Waals surface area (Å²) in [6.45, 7) is 0. The van der Waals surface area contributed by atoms with Crippen LogP contribution in [-0.4, -0.2) is 22.0 Å². The molecule has 0 saturated heterocycles. The number of benzene rings is 2. The number of hydrogen-bond donors (Lipinski definition) is 1. The SMILES string of the molecule is COc1cc2ncnc(Nc3ccc(F)c(CI)c3)c2cc1[N+](=O)[O-]. The number of nitrogens with one attached hydrogen (secondary N) is 1. The topological polar surface area (TPSA) is 90.2 Å². The number of halogens is 2. The van der Waals surface area contributed by atoms with Crippen LogP contribution in [0.1, 0.15) is 5.56 Å². The van der Waals surface area contributed by atoms with E-state index in [2.05, 4.69) is 37.9 Å². The van der Waals surface area contributed by atoms with Crippen molar-refractivity contribution in [2.24, 2.45) is 0 Å². The molecule has 0 aliphatic heterocycles. The van der Waals surface area contributed by atoms with Gasteiger partial charge < -0.3 is 10.1 Å². The number of rotatable bonds is 5. The lowest BCUT2D eigenvalue weighted by Gasteiger charge is -2.10. The van der Waals surface area contributed by atoms with Crippen molar-refractivity contribution >= 4 is 50.7 Å². The Morgan fingerprint density at radius 3 is 2.80 bits per heavy atom. The maximum atomic E-state index is 13.6. The summed E-state index contributed by atoms with van der Waals surface area (Å²) in [4.78, 5) is 19.0. The van der Waals surface area contributed by atoms with Crippen LogP contribution in [0, 0.1) is 15.9 Å². The number of methoxy groups -OCH3 is 1. The largest absolute Gasteiger partial charge is 0.490 e. The molecule has 128 valence electrons. The van der Waals surface area contributed by atoms with Gasteiger partial charge >= 0.3 is 5.69 Å². The molecule has 9 heteroatoms. The second-order valence-corrected chi connectivity index (χ2v) is 5.85. The number of hydrogen-bond acceptors (Lipinski definition) is 6. The molecule has 7 nitrogen and oxygen atoms in total. The van der Waals surface area contributed by atoms with Crippen molar-refractivity contribution < 1.29 is 14.1 Å². The number of alkyl halides is 1. The van der Waals surface area contributed by atoms with Crippen molar-refractivity contribution in [1.29, 1.82) is 0 Å². The zero-order valence-corrected chi connectivity index (χ0v) is 15.2. The lowest BCUT2D eigenvalue weighted by molar-refractivity contribution is -0.385. The van der Waals surface area contributed by atoms with Crippen LogP contribution in [0.25, 0.3) is 10.9 Å². The molecule has 0 amide bonds. The van der Waals surface area contributed by atoms with Crippen molar-refractivity contribution in [1.82, 2.24) is 9.97 Å². The minimum atomic E-state index is -0.527. The highest BCUT2D eigenvalue weighted by atomic mass is 127. The number of fused-ring (bicyclic) bond motifs is 1. The summed E-state index contributed by atoms with van der Waals surface area (Å²) < 4.78 is 19.2. The van der Waals surface area contributed by atoms with Gasteiger partial charge in [-0.3, -0.25) is 10.1 Å². The summed E-state index contributed by atoms with van der Waals surface area (Å²) in [7, 11) is 1.36. The first-order valence-corrected chi connectivity index (χ1v) is 8.64.